The van der Waals surface area contributed by atoms with E-state index in [4.69, 9.17) is 11.6 Å². The van der Waals surface area contributed by atoms with Crippen LogP contribution < -0.4 is 10.4 Å². The summed E-state index contributed by atoms with van der Waals surface area (Å²) in [5.74, 6) is 0. The van der Waals surface area contributed by atoms with Gasteiger partial charge in [0.2, 0.25) is 0 Å². The molecule has 0 aliphatic carbocycles. The van der Waals surface area contributed by atoms with Crippen LogP contribution in [0.5, 0.6) is 0 Å². The van der Waals surface area contributed by atoms with E-state index in [9.17, 15) is 0 Å². The van der Waals surface area contributed by atoms with Crippen molar-refractivity contribution in [1.82, 2.24) is 0 Å². The Morgan fingerprint density at radius 1 is 1.00 bits per heavy atom. The first-order valence-electron chi connectivity index (χ1n) is 6.32. The van der Waals surface area contributed by atoms with Crippen molar-refractivity contribution < 1.29 is 0 Å². The summed E-state index contributed by atoms with van der Waals surface area (Å²) in [6.07, 6.45) is 0. The topological polar surface area (TPSA) is 0 Å². The summed E-state index contributed by atoms with van der Waals surface area (Å²) >= 11 is 6.27. The van der Waals surface area contributed by atoms with E-state index in [1.54, 1.807) is 0 Å². The van der Waals surface area contributed by atoms with Crippen molar-refractivity contribution in [2.45, 2.75) is 20.8 Å². The summed E-state index contributed by atoms with van der Waals surface area (Å²) in [5.41, 5.74) is 4.89. The zero-order valence-corrected chi connectivity index (χ0v) is 13.1. The fraction of sp³-hybridized carbons (Fsp3) is 0.250. The normalized spacial score (nSPS) is 12.4. The first-order chi connectivity index (χ1) is 8.63. The first-order valence-corrected chi connectivity index (χ1v) is 8.82. The van der Waals surface area contributed by atoms with Gasteiger partial charge in [0.15, 0.2) is 0 Å². The molecule has 0 saturated heterocycles. The third-order valence-corrected chi connectivity index (χ3v) is 7.36. The second-order valence-corrected chi connectivity index (χ2v) is 8.54. The summed E-state index contributed by atoms with van der Waals surface area (Å²) in [6.45, 7) is 6.58. The lowest BCUT2D eigenvalue weighted by Gasteiger charge is -2.18. The Bertz CT molecular complexity index is 534. The van der Waals surface area contributed by atoms with Crippen molar-refractivity contribution in [3.8, 4) is 0 Å². The van der Waals surface area contributed by atoms with Crippen LogP contribution in [0.2, 0.25) is 0 Å². The van der Waals surface area contributed by atoms with Gasteiger partial charge in [0, 0.05) is 5.50 Å². The molecule has 0 saturated carbocycles. The maximum atomic E-state index is 6.27. The van der Waals surface area contributed by atoms with Gasteiger partial charge in [-0.3, -0.25) is 0 Å². The minimum Gasteiger partial charge on any atom is -0.130 e. The van der Waals surface area contributed by atoms with Gasteiger partial charge in [-0.05, 0) is 31.9 Å². The van der Waals surface area contributed by atoms with Crippen LogP contribution in [0.3, 0.4) is 0 Å². The molecule has 0 fully saturated rings. The maximum absolute atomic E-state index is 6.27. The molecule has 2 heteroatoms. The molecule has 0 spiro atoms. The monoisotopic (exact) mass is 274 g/mol. The highest BCUT2D eigenvalue weighted by molar-refractivity contribution is 6.89. The molecule has 94 valence electrons. The molecule has 0 aromatic heterocycles. The van der Waals surface area contributed by atoms with Gasteiger partial charge in [0.05, 0.1) is 0 Å². The van der Waals surface area contributed by atoms with Crippen LogP contribution in [0.25, 0.3) is 0 Å². The molecule has 0 N–H and O–H groups in total. The van der Waals surface area contributed by atoms with E-state index in [-0.39, 0.29) is 0 Å². The molecule has 0 bridgehead atoms. The molecule has 0 aliphatic rings. The summed E-state index contributed by atoms with van der Waals surface area (Å²) in [4.78, 5) is 0. The van der Waals surface area contributed by atoms with Gasteiger partial charge in [0.1, 0.15) is 8.80 Å². The van der Waals surface area contributed by atoms with Crippen molar-refractivity contribution >= 4 is 30.8 Å². The lowest BCUT2D eigenvalue weighted by Crippen LogP contribution is -2.45. The Labute approximate surface area is 116 Å². The van der Waals surface area contributed by atoms with E-state index in [2.05, 4.69) is 63.2 Å². The highest BCUT2D eigenvalue weighted by atomic mass is 35.5. The molecule has 0 nitrogen and oxygen atoms in total. The van der Waals surface area contributed by atoms with Crippen LogP contribution in [-0.4, -0.2) is 14.3 Å². The average molecular weight is 275 g/mol. The van der Waals surface area contributed by atoms with E-state index in [0.29, 0.717) is 0 Å². The molecule has 1 unspecified atom stereocenters. The number of aryl methyl sites for hydroxylation is 2. The zero-order valence-electron chi connectivity index (χ0n) is 11.2. The molecular formula is C16H19ClSi. The van der Waals surface area contributed by atoms with Crippen molar-refractivity contribution in [2.75, 3.05) is 5.50 Å². The smallest absolute Gasteiger partial charge is 0.118 e. The van der Waals surface area contributed by atoms with Gasteiger partial charge < -0.3 is 0 Å². The summed E-state index contributed by atoms with van der Waals surface area (Å²) < 4.78 is 0. The maximum Gasteiger partial charge on any atom is 0.118 e. The molecule has 2 aromatic rings. The zero-order chi connectivity index (χ0) is 13.1. The fourth-order valence-electron chi connectivity index (χ4n) is 2.47. The number of hydrogen-bond acceptors (Lipinski definition) is 0. The Kier molecular flexibility index (Phi) is 4.26. The van der Waals surface area contributed by atoms with Crippen LogP contribution in [0.15, 0.2) is 42.5 Å². The summed E-state index contributed by atoms with van der Waals surface area (Å²) in [5, 5.41) is 2.93. The lowest BCUT2D eigenvalue weighted by atomic mass is 10.1. The second-order valence-electron chi connectivity index (χ2n) is 4.91. The molecule has 0 radical (unpaired) electrons. The van der Waals surface area contributed by atoms with Crippen LogP contribution in [0.4, 0.5) is 0 Å². The second kappa shape index (κ2) is 5.72. The number of benzene rings is 2. The third-order valence-electron chi connectivity index (χ3n) is 3.58. The van der Waals surface area contributed by atoms with E-state index < -0.39 is 8.80 Å². The van der Waals surface area contributed by atoms with Gasteiger partial charge >= 0.3 is 0 Å². The first kappa shape index (κ1) is 13.4. The minimum absolute atomic E-state index is 0.758. The quantitative estimate of drug-likeness (QED) is 0.596. The Hall–Kier alpha value is -1.05. The fourth-order valence-corrected chi connectivity index (χ4v) is 6.11. The molecule has 2 aromatic carbocycles. The highest BCUT2D eigenvalue weighted by Gasteiger charge is 2.18. The summed E-state index contributed by atoms with van der Waals surface area (Å²) in [6, 6.07) is 15.3. The summed E-state index contributed by atoms with van der Waals surface area (Å²) in [7, 11) is -1.26. The van der Waals surface area contributed by atoms with Gasteiger partial charge in [-0.1, -0.05) is 58.4 Å². The standard InChI is InChI=1S/C16H19ClSi/c1-12-9-13(2)14(3)16(10-12)18(11-17)15-7-5-4-6-8-15/h4-10,18H,11H2,1-3H3. The van der Waals surface area contributed by atoms with Crippen LogP contribution in [-0.2, 0) is 0 Å². The molecule has 2 rings (SSSR count). The van der Waals surface area contributed by atoms with Crippen LogP contribution >= 0.6 is 11.6 Å². The van der Waals surface area contributed by atoms with Crippen LogP contribution in [0.1, 0.15) is 16.7 Å². The minimum atomic E-state index is -1.26. The van der Waals surface area contributed by atoms with Gasteiger partial charge in [-0.2, -0.15) is 0 Å². The number of alkyl halides is 1. The molecule has 0 amide bonds. The average Bonchev–Trinajstić information content (AvgIpc) is 2.37. The predicted octanol–water partition coefficient (Wildman–Crippen LogP) is 2.73. The Morgan fingerprint density at radius 2 is 1.67 bits per heavy atom. The largest absolute Gasteiger partial charge is 0.130 e. The highest BCUT2D eigenvalue weighted by Crippen LogP contribution is 2.09. The predicted molar refractivity (Wildman–Crippen MR) is 84.2 cm³/mol. The molecular weight excluding hydrogens is 256 g/mol. The molecule has 0 aliphatic heterocycles. The van der Waals surface area contributed by atoms with Crippen molar-refractivity contribution in [2.24, 2.45) is 0 Å². The van der Waals surface area contributed by atoms with Crippen molar-refractivity contribution in [3.63, 3.8) is 0 Å². The van der Waals surface area contributed by atoms with Crippen LogP contribution in [0, 0.1) is 20.8 Å². The Balaban J connectivity index is 2.52. The van der Waals surface area contributed by atoms with Crippen molar-refractivity contribution in [1.29, 1.82) is 0 Å². The van der Waals surface area contributed by atoms with Gasteiger partial charge in [0.25, 0.3) is 0 Å². The number of rotatable bonds is 3. The van der Waals surface area contributed by atoms with Gasteiger partial charge in [-0.15, -0.1) is 11.6 Å². The van der Waals surface area contributed by atoms with E-state index in [1.165, 1.54) is 27.1 Å². The van der Waals surface area contributed by atoms with Crippen molar-refractivity contribution in [3.05, 3.63) is 59.2 Å². The third kappa shape index (κ3) is 2.68. The van der Waals surface area contributed by atoms with Gasteiger partial charge in [-0.25, -0.2) is 0 Å². The number of hydrogen-bond donors (Lipinski definition) is 0. The molecule has 1 atom stereocenters. The Morgan fingerprint density at radius 3 is 2.28 bits per heavy atom. The number of halogens is 1. The molecule has 18 heavy (non-hydrogen) atoms. The lowest BCUT2D eigenvalue weighted by molar-refractivity contribution is 1.32. The SMILES string of the molecule is Cc1cc(C)c(C)c([SiH](CCl)c2ccccc2)c1. The van der Waals surface area contributed by atoms with E-state index >= 15 is 0 Å². The van der Waals surface area contributed by atoms with E-state index in [0.717, 1.165) is 5.50 Å². The van der Waals surface area contributed by atoms with E-state index in [1.807, 2.05) is 0 Å². The molecule has 0 heterocycles.